The van der Waals surface area contributed by atoms with Gasteiger partial charge in [-0.3, -0.25) is 0 Å². The monoisotopic (exact) mass is 216 g/mol. The number of halogens is 1. The minimum atomic E-state index is -0.119. The number of aliphatic hydroxyl groups excluding tert-OH is 1. The maximum absolute atomic E-state index is 9.10. The van der Waals surface area contributed by atoms with Gasteiger partial charge in [0.05, 0.1) is 20.3 Å². The zero-order valence-corrected chi connectivity index (χ0v) is 8.97. The number of ether oxygens (including phenoxy) is 2. The lowest BCUT2D eigenvalue weighted by Gasteiger charge is -2.13. The number of hydrogen-bond acceptors (Lipinski definition) is 3. The van der Waals surface area contributed by atoms with Gasteiger partial charge in [-0.05, 0) is 13.0 Å². The van der Waals surface area contributed by atoms with E-state index in [4.69, 9.17) is 26.2 Å². The fourth-order valence-corrected chi connectivity index (χ4v) is 1.43. The summed E-state index contributed by atoms with van der Waals surface area (Å²) in [5.74, 6) is 1.10. The van der Waals surface area contributed by atoms with Crippen molar-refractivity contribution in [3.63, 3.8) is 0 Å². The molecule has 78 valence electrons. The first-order chi connectivity index (χ1) is 6.72. The zero-order chi connectivity index (χ0) is 10.6. The fraction of sp³-hybridized carbons (Fsp3) is 0.400. The molecule has 0 aromatic heterocycles. The molecule has 0 saturated heterocycles. The molecule has 0 saturated carbocycles. The Morgan fingerprint density at radius 1 is 1.43 bits per heavy atom. The molecule has 0 atom stereocenters. The Kier molecular flexibility index (Phi) is 4.04. The highest BCUT2D eigenvalue weighted by Crippen LogP contribution is 2.34. The van der Waals surface area contributed by atoms with Crippen LogP contribution in [-0.2, 0) is 6.61 Å². The van der Waals surface area contributed by atoms with E-state index in [-0.39, 0.29) is 6.61 Å². The maximum atomic E-state index is 9.10. The van der Waals surface area contributed by atoms with E-state index in [1.807, 2.05) is 6.92 Å². The SMILES string of the molecule is CCOc1c(CO)cc(Cl)cc1OC. The van der Waals surface area contributed by atoms with Crippen molar-refractivity contribution in [2.45, 2.75) is 13.5 Å². The van der Waals surface area contributed by atoms with Crippen LogP contribution in [0.1, 0.15) is 12.5 Å². The maximum Gasteiger partial charge on any atom is 0.166 e. The molecule has 0 heterocycles. The fourth-order valence-electron chi connectivity index (χ4n) is 1.20. The number of methoxy groups -OCH3 is 1. The van der Waals surface area contributed by atoms with Gasteiger partial charge in [-0.25, -0.2) is 0 Å². The molecule has 1 aromatic rings. The number of aliphatic hydroxyl groups is 1. The molecule has 14 heavy (non-hydrogen) atoms. The molecule has 3 nitrogen and oxygen atoms in total. The summed E-state index contributed by atoms with van der Waals surface area (Å²) in [5.41, 5.74) is 0.635. The zero-order valence-electron chi connectivity index (χ0n) is 8.21. The second kappa shape index (κ2) is 5.08. The average molecular weight is 217 g/mol. The molecule has 1 rings (SSSR count). The van der Waals surface area contributed by atoms with Crippen molar-refractivity contribution >= 4 is 11.6 Å². The van der Waals surface area contributed by atoms with Crippen LogP contribution in [0.3, 0.4) is 0 Å². The van der Waals surface area contributed by atoms with Gasteiger partial charge in [0.1, 0.15) is 0 Å². The van der Waals surface area contributed by atoms with E-state index >= 15 is 0 Å². The Hall–Kier alpha value is -0.930. The van der Waals surface area contributed by atoms with Crippen molar-refractivity contribution < 1.29 is 14.6 Å². The number of rotatable bonds is 4. The van der Waals surface area contributed by atoms with Gasteiger partial charge in [0.15, 0.2) is 11.5 Å². The second-order valence-corrected chi connectivity index (χ2v) is 3.12. The van der Waals surface area contributed by atoms with Crippen LogP contribution in [0.5, 0.6) is 11.5 Å². The van der Waals surface area contributed by atoms with Crippen LogP contribution in [0.2, 0.25) is 5.02 Å². The number of benzene rings is 1. The third-order valence-corrected chi connectivity index (χ3v) is 1.99. The highest BCUT2D eigenvalue weighted by molar-refractivity contribution is 6.30. The summed E-state index contributed by atoms with van der Waals surface area (Å²) in [6, 6.07) is 3.32. The van der Waals surface area contributed by atoms with E-state index in [9.17, 15) is 0 Å². The van der Waals surface area contributed by atoms with Gasteiger partial charge in [-0.2, -0.15) is 0 Å². The Morgan fingerprint density at radius 2 is 2.14 bits per heavy atom. The van der Waals surface area contributed by atoms with Crippen molar-refractivity contribution in [3.05, 3.63) is 22.7 Å². The lowest BCUT2D eigenvalue weighted by atomic mass is 10.2. The van der Waals surface area contributed by atoms with Crippen molar-refractivity contribution in [2.24, 2.45) is 0 Å². The predicted octanol–water partition coefficient (Wildman–Crippen LogP) is 2.24. The minimum absolute atomic E-state index is 0.119. The van der Waals surface area contributed by atoms with Crippen molar-refractivity contribution in [1.82, 2.24) is 0 Å². The molecule has 0 aliphatic rings. The van der Waals surface area contributed by atoms with Crippen LogP contribution in [-0.4, -0.2) is 18.8 Å². The Balaban J connectivity index is 3.18. The highest BCUT2D eigenvalue weighted by atomic mass is 35.5. The molecule has 0 aliphatic carbocycles. The molecule has 0 bridgehead atoms. The van der Waals surface area contributed by atoms with Crippen LogP contribution < -0.4 is 9.47 Å². The molecule has 0 fully saturated rings. The van der Waals surface area contributed by atoms with E-state index < -0.39 is 0 Å². The second-order valence-electron chi connectivity index (χ2n) is 2.69. The summed E-state index contributed by atoms with van der Waals surface area (Å²) < 4.78 is 10.5. The summed E-state index contributed by atoms with van der Waals surface area (Å²) in [4.78, 5) is 0. The molecule has 0 spiro atoms. The van der Waals surface area contributed by atoms with Crippen molar-refractivity contribution in [2.75, 3.05) is 13.7 Å². The highest BCUT2D eigenvalue weighted by Gasteiger charge is 2.11. The van der Waals surface area contributed by atoms with Crippen LogP contribution in [0.4, 0.5) is 0 Å². The van der Waals surface area contributed by atoms with E-state index in [1.165, 1.54) is 7.11 Å². The molecular weight excluding hydrogens is 204 g/mol. The van der Waals surface area contributed by atoms with Gasteiger partial charge in [-0.15, -0.1) is 0 Å². The molecule has 0 aliphatic heterocycles. The summed E-state index contributed by atoms with van der Waals surface area (Å²) >= 11 is 5.83. The van der Waals surface area contributed by atoms with Gasteiger partial charge in [0.25, 0.3) is 0 Å². The molecule has 4 heteroatoms. The summed E-state index contributed by atoms with van der Waals surface area (Å²) in [6.45, 7) is 2.27. The minimum Gasteiger partial charge on any atom is -0.493 e. The van der Waals surface area contributed by atoms with Crippen molar-refractivity contribution in [3.8, 4) is 11.5 Å². The Labute approximate surface area is 88.2 Å². The first kappa shape index (κ1) is 11.1. The van der Waals surface area contributed by atoms with Crippen molar-refractivity contribution in [1.29, 1.82) is 0 Å². The topological polar surface area (TPSA) is 38.7 Å². The van der Waals surface area contributed by atoms with Gasteiger partial charge in [-0.1, -0.05) is 11.6 Å². The third-order valence-electron chi connectivity index (χ3n) is 1.78. The van der Waals surface area contributed by atoms with Gasteiger partial charge in [0, 0.05) is 16.7 Å². The van der Waals surface area contributed by atoms with Crippen LogP contribution in [0.25, 0.3) is 0 Å². The van der Waals surface area contributed by atoms with E-state index in [0.29, 0.717) is 28.7 Å². The quantitative estimate of drug-likeness (QED) is 0.839. The average Bonchev–Trinajstić information content (AvgIpc) is 2.20. The van der Waals surface area contributed by atoms with E-state index in [0.717, 1.165) is 0 Å². The van der Waals surface area contributed by atoms with Gasteiger partial charge in [0.2, 0.25) is 0 Å². The molecule has 1 N–H and O–H groups in total. The van der Waals surface area contributed by atoms with Gasteiger partial charge >= 0.3 is 0 Å². The normalized spacial score (nSPS) is 10.0. The summed E-state index contributed by atoms with van der Waals surface area (Å²) in [7, 11) is 1.54. The standard InChI is InChI=1S/C10H13ClO3/c1-3-14-10-7(6-12)4-8(11)5-9(10)13-2/h4-5,12H,3,6H2,1-2H3. The molecule has 0 unspecified atom stereocenters. The van der Waals surface area contributed by atoms with Crippen LogP contribution in [0, 0.1) is 0 Å². The largest absolute Gasteiger partial charge is 0.493 e. The third kappa shape index (κ3) is 2.30. The molecule has 0 radical (unpaired) electrons. The Bertz CT molecular complexity index is 287. The van der Waals surface area contributed by atoms with Crippen LogP contribution >= 0.6 is 11.6 Å². The van der Waals surface area contributed by atoms with Crippen LogP contribution in [0.15, 0.2) is 12.1 Å². The predicted molar refractivity (Wildman–Crippen MR) is 55.1 cm³/mol. The Morgan fingerprint density at radius 3 is 2.64 bits per heavy atom. The lowest BCUT2D eigenvalue weighted by Crippen LogP contribution is -1.99. The van der Waals surface area contributed by atoms with E-state index in [1.54, 1.807) is 12.1 Å². The summed E-state index contributed by atoms with van der Waals surface area (Å²) in [6.07, 6.45) is 0. The molecule has 0 amide bonds. The lowest BCUT2D eigenvalue weighted by molar-refractivity contribution is 0.260. The molecular formula is C10H13ClO3. The first-order valence-corrected chi connectivity index (χ1v) is 4.70. The first-order valence-electron chi connectivity index (χ1n) is 4.33. The van der Waals surface area contributed by atoms with E-state index in [2.05, 4.69) is 0 Å². The summed E-state index contributed by atoms with van der Waals surface area (Å²) in [5, 5.41) is 9.62. The van der Waals surface area contributed by atoms with Gasteiger partial charge < -0.3 is 14.6 Å². The number of hydrogen-bond donors (Lipinski definition) is 1. The smallest absolute Gasteiger partial charge is 0.166 e. The molecule has 1 aromatic carbocycles.